The number of nitrogens with zero attached hydrogens (tertiary/aromatic N) is 3. The smallest absolute Gasteiger partial charge is 0.259 e. The fourth-order valence-corrected chi connectivity index (χ4v) is 3.15. The summed E-state index contributed by atoms with van der Waals surface area (Å²) < 4.78 is 5.24. The van der Waals surface area contributed by atoms with E-state index in [1.165, 1.54) is 0 Å². The van der Waals surface area contributed by atoms with Crippen molar-refractivity contribution in [3.05, 3.63) is 34.5 Å². The summed E-state index contributed by atoms with van der Waals surface area (Å²) in [6, 6.07) is 0. The van der Waals surface area contributed by atoms with E-state index in [1.54, 1.807) is 6.92 Å². The molecular formula is C16H22N4O2. The lowest BCUT2D eigenvalue weighted by Gasteiger charge is -2.17. The zero-order chi connectivity index (χ0) is 15.9. The highest BCUT2D eigenvalue weighted by atomic mass is 16.5. The predicted molar refractivity (Wildman–Crippen MR) is 81.9 cm³/mol. The van der Waals surface area contributed by atoms with Gasteiger partial charge >= 0.3 is 0 Å². The molecule has 1 unspecified atom stereocenters. The monoisotopic (exact) mass is 302 g/mol. The molecule has 6 nitrogen and oxygen atoms in total. The van der Waals surface area contributed by atoms with Gasteiger partial charge in [0.1, 0.15) is 11.3 Å². The van der Waals surface area contributed by atoms with Gasteiger partial charge in [-0.15, -0.1) is 0 Å². The molecule has 118 valence electrons. The number of amides is 1. The molecule has 0 radical (unpaired) electrons. The molecule has 2 aromatic heterocycles. The van der Waals surface area contributed by atoms with Crippen molar-refractivity contribution in [3.63, 3.8) is 0 Å². The zero-order valence-corrected chi connectivity index (χ0v) is 13.5. The van der Waals surface area contributed by atoms with Crippen molar-refractivity contribution in [3.8, 4) is 0 Å². The predicted octanol–water partition coefficient (Wildman–Crippen LogP) is 2.77. The minimum Gasteiger partial charge on any atom is -0.361 e. The van der Waals surface area contributed by atoms with Crippen molar-refractivity contribution in [1.82, 2.24) is 20.3 Å². The van der Waals surface area contributed by atoms with Gasteiger partial charge in [0.25, 0.3) is 5.91 Å². The molecule has 1 N–H and O–H groups in total. The van der Waals surface area contributed by atoms with Crippen molar-refractivity contribution < 1.29 is 9.32 Å². The van der Waals surface area contributed by atoms with E-state index in [0.717, 1.165) is 29.9 Å². The van der Waals surface area contributed by atoms with E-state index in [0.29, 0.717) is 23.8 Å². The summed E-state index contributed by atoms with van der Waals surface area (Å²) in [6.45, 7) is 9.36. The molecule has 1 fully saturated rings. The summed E-state index contributed by atoms with van der Waals surface area (Å²) in [5.74, 6) is 1.13. The third-order valence-corrected chi connectivity index (χ3v) is 4.40. The molecule has 3 rings (SSSR count). The van der Waals surface area contributed by atoms with E-state index in [4.69, 9.17) is 4.52 Å². The van der Waals surface area contributed by atoms with Crippen LogP contribution in [0.1, 0.15) is 65.2 Å². The number of likely N-dealkylation sites (tertiary alicyclic amines) is 1. The van der Waals surface area contributed by atoms with Crippen molar-refractivity contribution in [1.29, 1.82) is 0 Å². The van der Waals surface area contributed by atoms with Gasteiger partial charge in [0.2, 0.25) is 0 Å². The highest BCUT2D eigenvalue weighted by Gasteiger charge is 2.33. The van der Waals surface area contributed by atoms with Gasteiger partial charge in [0.05, 0.1) is 11.9 Å². The standard InChI is InChI=1S/C16H22N4O2/c1-9(2)14-13(11(4)22-19-14)16(21)20-6-5-12(8-20)15-10(3)7-17-18-15/h7,9,12H,5-6,8H2,1-4H3,(H,17,18). The Morgan fingerprint density at radius 3 is 2.86 bits per heavy atom. The molecular weight excluding hydrogens is 280 g/mol. The summed E-state index contributed by atoms with van der Waals surface area (Å²) in [6.07, 6.45) is 2.79. The Kier molecular flexibility index (Phi) is 3.76. The summed E-state index contributed by atoms with van der Waals surface area (Å²) in [5.41, 5.74) is 3.69. The third-order valence-electron chi connectivity index (χ3n) is 4.40. The molecule has 1 saturated heterocycles. The first-order valence-corrected chi connectivity index (χ1v) is 7.74. The molecule has 1 aliphatic rings. The highest BCUT2D eigenvalue weighted by Crippen LogP contribution is 2.30. The first-order valence-electron chi connectivity index (χ1n) is 7.74. The van der Waals surface area contributed by atoms with Crippen LogP contribution in [0.2, 0.25) is 0 Å². The second kappa shape index (κ2) is 5.59. The lowest BCUT2D eigenvalue weighted by atomic mass is 10.0. The number of carbonyl (C=O) groups excluding carboxylic acids is 1. The van der Waals surface area contributed by atoms with Gasteiger partial charge in [-0.3, -0.25) is 9.89 Å². The fourth-order valence-electron chi connectivity index (χ4n) is 3.15. The Balaban J connectivity index is 1.80. The number of aryl methyl sites for hydroxylation is 2. The topological polar surface area (TPSA) is 75.0 Å². The minimum atomic E-state index is 0.0297. The molecule has 1 atom stereocenters. The summed E-state index contributed by atoms with van der Waals surface area (Å²) in [7, 11) is 0. The van der Waals surface area contributed by atoms with Gasteiger partial charge in [-0.1, -0.05) is 19.0 Å². The third kappa shape index (κ3) is 2.42. The first-order chi connectivity index (χ1) is 10.5. The van der Waals surface area contributed by atoms with Crippen LogP contribution in [0.3, 0.4) is 0 Å². The van der Waals surface area contributed by atoms with Crippen LogP contribution >= 0.6 is 0 Å². The quantitative estimate of drug-likeness (QED) is 0.946. The summed E-state index contributed by atoms with van der Waals surface area (Å²) >= 11 is 0. The SMILES string of the molecule is Cc1cn[nH]c1C1CCN(C(=O)c2c(C(C)C)noc2C)C1. The van der Waals surface area contributed by atoms with Crippen LogP contribution < -0.4 is 0 Å². The molecule has 0 spiro atoms. The van der Waals surface area contributed by atoms with Crippen LogP contribution in [0.25, 0.3) is 0 Å². The van der Waals surface area contributed by atoms with Crippen molar-refractivity contribution >= 4 is 5.91 Å². The number of rotatable bonds is 3. The van der Waals surface area contributed by atoms with E-state index in [-0.39, 0.29) is 11.8 Å². The maximum atomic E-state index is 12.9. The van der Waals surface area contributed by atoms with Crippen molar-refractivity contribution in [2.75, 3.05) is 13.1 Å². The molecule has 3 heterocycles. The minimum absolute atomic E-state index is 0.0297. The fraction of sp³-hybridized carbons (Fsp3) is 0.562. The van der Waals surface area contributed by atoms with Gasteiger partial charge in [0, 0.05) is 24.7 Å². The van der Waals surface area contributed by atoms with Crippen LogP contribution in [0.4, 0.5) is 0 Å². The average Bonchev–Trinajstić information content (AvgIpc) is 3.16. The number of H-pyrrole nitrogens is 1. The van der Waals surface area contributed by atoms with Crippen molar-refractivity contribution in [2.45, 2.75) is 46.0 Å². The molecule has 2 aromatic rings. The van der Waals surface area contributed by atoms with Crippen LogP contribution in [0.15, 0.2) is 10.7 Å². The Morgan fingerprint density at radius 1 is 1.45 bits per heavy atom. The molecule has 0 saturated carbocycles. The van der Waals surface area contributed by atoms with Gasteiger partial charge in [-0.05, 0) is 31.7 Å². The Labute approximate surface area is 129 Å². The Bertz CT molecular complexity index is 686. The molecule has 0 aromatic carbocycles. The molecule has 0 aliphatic carbocycles. The van der Waals surface area contributed by atoms with Gasteiger partial charge in [-0.25, -0.2) is 0 Å². The number of aromatic nitrogens is 3. The van der Waals surface area contributed by atoms with Crippen LogP contribution in [0, 0.1) is 13.8 Å². The van der Waals surface area contributed by atoms with Gasteiger partial charge in [-0.2, -0.15) is 5.10 Å². The number of hydrogen-bond donors (Lipinski definition) is 1. The maximum Gasteiger partial charge on any atom is 0.259 e. The number of aromatic amines is 1. The van der Waals surface area contributed by atoms with Crippen LogP contribution in [-0.2, 0) is 0 Å². The van der Waals surface area contributed by atoms with E-state index in [9.17, 15) is 4.79 Å². The molecule has 1 aliphatic heterocycles. The first kappa shape index (κ1) is 14.8. The van der Waals surface area contributed by atoms with E-state index in [1.807, 2.05) is 31.9 Å². The van der Waals surface area contributed by atoms with Gasteiger partial charge in [0.15, 0.2) is 0 Å². The molecule has 22 heavy (non-hydrogen) atoms. The molecule has 6 heteroatoms. The molecule has 1 amide bonds. The lowest BCUT2D eigenvalue weighted by molar-refractivity contribution is 0.0787. The summed E-state index contributed by atoms with van der Waals surface area (Å²) in [5, 5.41) is 11.2. The van der Waals surface area contributed by atoms with E-state index in [2.05, 4.69) is 15.4 Å². The number of hydrogen-bond acceptors (Lipinski definition) is 4. The van der Waals surface area contributed by atoms with Crippen LogP contribution in [-0.4, -0.2) is 39.3 Å². The second-order valence-corrected chi connectivity index (χ2v) is 6.36. The van der Waals surface area contributed by atoms with Crippen LogP contribution in [0.5, 0.6) is 0 Å². The Hall–Kier alpha value is -2.11. The normalized spacial score (nSPS) is 18.4. The largest absolute Gasteiger partial charge is 0.361 e. The summed E-state index contributed by atoms with van der Waals surface area (Å²) in [4.78, 5) is 14.8. The number of nitrogens with one attached hydrogen (secondary N) is 1. The van der Waals surface area contributed by atoms with E-state index >= 15 is 0 Å². The molecule has 0 bridgehead atoms. The van der Waals surface area contributed by atoms with Crippen molar-refractivity contribution in [2.24, 2.45) is 0 Å². The zero-order valence-electron chi connectivity index (χ0n) is 13.5. The lowest BCUT2D eigenvalue weighted by Crippen LogP contribution is -2.29. The highest BCUT2D eigenvalue weighted by molar-refractivity contribution is 5.96. The Morgan fingerprint density at radius 2 is 2.23 bits per heavy atom. The number of carbonyl (C=O) groups is 1. The van der Waals surface area contributed by atoms with E-state index < -0.39 is 0 Å². The average molecular weight is 302 g/mol. The second-order valence-electron chi connectivity index (χ2n) is 6.36. The maximum absolute atomic E-state index is 12.9. The van der Waals surface area contributed by atoms with Gasteiger partial charge < -0.3 is 9.42 Å².